The quantitative estimate of drug-likeness (QED) is 0.844. The Labute approximate surface area is 108 Å². The monoisotopic (exact) mass is 269 g/mol. The third-order valence-corrected chi connectivity index (χ3v) is 4.78. The molecule has 1 aromatic carbocycles. The van der Waals surface area contributed by atoms with E-state index in [4.69, 9.17) is 0 Å². The lowest BCUT2D eigenvalue weighted by atomic mass is 10.1. The van der Waals surface area contributed by atoms with Crippen LogP contribution >= 0.6 is 0 Å². The minimum Gasteiger partial charge on any atom is -0.392 e. The van der Waals surface area contributed by atoms with Crippen LogP contribution in [0.15, 0.2) is 23.1 Å². The van der Waals surface area contributed by atoms with Crippen LogP contribution in [0.2, 0.25) is 0 Å². The molecule has 0 fully saturated rings. The number of benzene rings is 1. The van der Waals surface area contributed by atoms with E-state index in [9.17, 15) is 13.5 Å². The first-order chi connectivity index (χ1) is 8.53. The van der Waals surface area contributed by atoms with Crippen molar-refractivity contribution in [1.29, 1.82) is 0 Å². The van der Waals surface area contributed by atoms with Crippen molar-refractivity contribution < 1.29 is 13.5 Å². The van der Waals surface area contributed by atoms with Crippen LogP contribution in [0, 0.1) is 0 Å². The molecule has 0 spiro atoms. The second-order valence-corrected chi connectivity index (χ2v) is 6.46. The molecule has 0 amide bonds. The summed E-state index contributed by atoms with van der Waals surface area (Å²) in [7, 11) is -3.50. The van der Waals surface area contributed by atoms with E-state index in [0.29, 0.717) is 11.3 Å². The number of sulfonamides is 1. The predicted octanol–water partition coefficient (Wildman–Crippen LogP) is 1.22. The summed E-state index contributed by atoms with van der Waals surface area (Å²) in [5.74, 6) is 0. The summed E-state index contributed by atoms with van der Waals surface area (Å²) >= 11 is 0. The molecule has 4 nitrogen and oxygen atoms in total. The molecular weight excluding hydrogens is 250 g/mol. The molecule has 100 valence electrons. The summed E-state index contributed by atoms with van der Waals surface area (Å²) in [6, 6.07) is 5.29. The smallest absolute Gasteiger partial charge is 0.240 e. The van der Waals surface area contributed by atoms with E-state index < -0.39 is 16.1 Å². The molecular formula is C13H19NO3S. The second-order valence-electron chi connectivity index (χ2n) is 4.70. The normalized spacial score (nSPS) is 16.6. The van der Waals surface area contributed by atoms with E-state index in [2.05, 4.69) is 4.72 Å². The van der Waals surface area contributed by atoms with Gasteiger partial charge in [0.1, 0.15) is 0 Å². The number of nitrogens with one attached hydrogen (secondary N) is 1. The standard InChI is InChI=1S/C13H19NO3S/c1-2-12(15)9-14-18(16,17)13-7-6-10-4-3-5-11(10)8-13/h6-8,12,14-15H,2-5,9H2,1H3. The zero-order valence-electron chi connectivity index (χ0n) is 10.5. The predicted molar refractivity (Wildman–Crippen MR) is 70.0 cm³/mol. The highest BCUT2D eigenvalue weighted by atomic mass is 32.2. The van der Waals surface area contributed by atoms with Gasteiger partial charge in [0.15, 0.2) is 0 Å². The molecule has 1 atom stereocenters. The van der Waals surface area contributed by atoms with E-state index in [0.717, 1.165) is 24.8 Å². The Kier molecular flexibility index (Phi) is 4.04. The van der Waals surface area contributed by atoms with Crippen molar-refractivity contribution in [2.24, 2.45) is 0 Å². The average molecular weight is 269 g/mol. The van der Waals surface area contributed by atoms with Crippen LogP contribution in [-0.2, 0) is 22.9 Å². The summed E-state index contributed by atoms with van der Waals surface area (Å²) in [6.45, 7) is 1.88. The number of aliphatic hydroxyl groups is 1. The van der Waals surface area contributed by atoms with Gasteiger partial charge in [0.2, 0.25) is 10.0 Å². The lowest BCUT2D eigenvalue weighted by molar-refractivity contribution is 0.174. The zero-order chi connectivity index (χ0) is 13.2. The van der Waals surface area contributed by atoms with E-state index in [1.54, 1.807) is 12.1 Å². The number of hydrogen-bond acceptors (Lipinski definition) is 3. The molecule has 0 bridgehead atoms. The number of aryl methyl sites for hydroxylation is 2. The molecule has 5 heteroatoms. The molecule has 1 aliphatic rings. The summed E-state index contributed by atoms with van der Waals surface area (Å²) < 4.78 is 26.5. The highest BCUT2D eigenvalue weighted by molar-refractivity contribution is 7.89. The van der Waals surface area contributed by atoms with Crippen molar-refractivity contribution in [3.8, 4) is 0 Å². The maximum atomic E-state index is 12.0. The van der Waals surface area contributed by atoms with Gasteiger partial charge in [-0.15, -0.1) is 0 Å². The first kappa shape index (κ1) is 13.5. The lowest BCUT2D eigenvalue weighted by Crippen LogP contribution is -2.31. The minimum absolute atomic E-state index is 0.0654. The molecule has 0 saturated carbocycles. The van der Waals surface area contributed by atoms with Gasteiger partial charge >= 0.3 is 0 Å². The van der Waals surface area contributed by atoms with Crippen molar-refractivity contribution in [1.82, 2.24) is 4.72 Å². The van der Waals surface area contributed by atoms with Crippen molar-refractivity contribution in [2.45, 2.75) is 43.6 Å². The Morgan fingerprint density at radius 2 is 2.06 bits per heavy atom. The fraction of sp³-hybridized carbons (Fsp3) is 0.538. The second kappa shape index (κ2) is 5.38. The fourth-order valence-corrected chi connectivity index (χ4v) is 3.27. The van der Waals surface area contributed by atoms with Crippen molar-refractivity contribution >= 4 is 10.0 Å². The molecule has 1 aromatic rings. The third-order valence-electron chi connectivity index (χ3n) is 3.36. The Balaban J connectivity index is 2.15. The van der Waals surface area contributed by atoms with Crippen molar-refractivity contribution in [2.75, 3.05) is 6.54 Å². The van der Waals surface area contributed by atoms with Gasteiger partial charge in [-0.25, -0.2) is 13.1 Å². The van der Waals surface area contributed by atoms with Crippen LogP contribution in [0.1, 0.15) is 30.9 Å². The van der Waals surface area contributed by atoms with Crippen LogP contribution < -0.4 is 4.72 Å². The van der Waals surface area contributed by atoms with Gasteiger partial charge < -0.3 is 5.11 Å². The number of hydrogen-bond donors (Lipinski definition) is 2. The van der Waals surface area contributed by atoms with Gasteiger partial charge in [-0.2, -0.15) is 0 Å². The molecule has 0 heterocycles. The van der Waals surface area contributed by atoms with Crippen LogP contribution in [0.5, 0.6) is 0 Å². The Bertz CT molecular complexity index is 525. The van der Waals surface area contributed by atoms with Gasteiger partial charge in [-0.3, -0.25) is 0 Å². The summed E-state index contributed by atoms with van der Waals surface area (Å²) in [5.41, 5.74) is 2.39. The number of fused-ring (bicyclic) bond motifs is 1. The molecule has 1 aliphatic carbocycles. The average Bonchev–Trinajstić information content (AvgIpc) is 2.83. The number of rotatable bonds is 5. The maximum Gasteiger partial charge on any atom is 0.240 e. The SMILES string of the molecule is CCC(O)CNS(=O)(=O)c1ccc2c(c1)CCC2. The zero-order valence-corrected chi connectivity index (χ0v) is 11.3. The Hall–Kier alpha value is -0.910. The van der Waals surface area contributed by atoms with E-state index >= 15 is 0 Å². The Morgan fingerprint density at radius 3 is 2.78 bits per heavy atom. The van der Waals surface area contributed by atoms with Gasteiger partial charge in [0.25, 0.3) is 0 Å². The summed E-state index contributed by atoms with van der Waals surface area (Å²) in [4.78, 5) is 0.298. The molecule has 2 rings (SSSR count). The molecule has 1 unspecified atom stereocenters. The van der Waals surface area contributed by atoms with Crippen LogP contribution in [0.25, 0.3) is 0 Å². The van der Waals surface area contributed by atoms with E-state index in [1.165, 1.54) is 5.56 Å². The van der Waals surface area contributed by atoms with E-state index in [1.807, 2.05) is 13.0 Å². The topological polar surface area (TPSA) is 66.4 Å². The highest BCUT2D eigenvalue weighted by Gasteiger charge is 2.18. The molecule has 0 saturated heterocycles. The van der Waals surface area contributed by atoms with Gasteiger partial charge in [0.05, 0.1) is 11.0 Å². The van der Waals surface area contributed by atoms with Crippen LogP contribution in [0.3, 0.4) is 0 Å². The first-order valence-corrected chi connectivity index (χ1v) is 7.81. The third kappa shape index (κ3) is 2.91. The molecule has 0 radical (unpaired) electrons. The molecule has 2 N–H and O–H groups in total. The lowest BCUT2D eigenvalue weighted by Gasteiger charge is -2.11. The van der Waals surface area contributed by atoms with Gasteiger partial charge in [-0.1, -0.05) is 13.0 Å². The molecule has 18 heavy (non-hydrogen) atoms. The minimum atomic E-state index is -3.50. The first-order valence-electron chi connectivity index (χ1n) is 6.32. The van der Waals surface area contributed by atoms with Gasteiger partial charge in [0, 0.05) is 6.54 Å². The maximum absolute atomic E-state index is 12.0. The van der Waals surface area contributed by atoms with Gasteiger partial charge in [-0.05, 0) is 48.9 Å². The van der Waals surface area contributed by atoms with Crippen molar-refractivity contribution in [3.05, 3.63) is 29.3 Å². The fourth-order valence-electron chi connectivity index (χ4n) is 2.15. The van der Waals surface area contributed by atoms with E-state index in [-0.39, 0.29) is 6.54 Å². The number of aliphatic hydroxyl groups excluding tert-OH is 1. The summed E-state index contributed by atoms with van der Waals surface area (Å²) in [5, 5.41) is 9.40. The Morgan fingerprint density at radius 1 is 1.33 bits per heavy atom. The van der Waals surface area contributed by atoms with Crippen LogP contribution in [0.4, 0.5) is 0 Å². The largest absolute Gasteiger partial charge is 0.392 e. The van der Waals surface area contributed by atoms with Crippen LogP contribution in [-0.4, -0.2) is 26.2 Å². The molecule has 0 aromatic heterocycles. The highest BCUT2D eigenvalue weighted by Crippen LogP contribution is 2.24. The summed E-state index contributed by atoms with van der Waals surface area (Å²) in [6.07, 6.45) is 3.00. The molecule has 0 aliphatic heterocycles. The van der Waals surface area contributed by atoms with Crippen molar-refractivity contribution in [3.63, 3.8) is 0 Å².